The van der Waals surface area contributed by atoms with E-state index >= 15 is 0 Å². The van der Waals surface area contributed by atoms with Gasteiger partial charge in [0.25, 0.3) is 5.91 Å². The van der Waals surface area contributed by atoms with Crippen LogP contribution < -0.4 is 10.6 Å². The van der Waals surface area contributed by atoms with E-state index in [9.17, 15) is 4.79 Å². The number of rotatable bonds is 4. The third kappa shape index (κ3) is 3.58. The van der Waals surface area contributed by atoms with Crippen molar-refractivity contribution in [3.05, 3.63) is 22.8 Å². The van der Waals surface area contributed by atoms with E-state index in [1.807, 2.05) is 13.8 Å². The quantitative estimate of drug-likeness (QED) is 0.831. The topological polar surface area (TPSA) is 63.2 Å². The van der Waals surface area contributed by atoms with E-state index in [1.54, 1.807) is 12.1 Å². The molecule has 5 nitrogen and oxygen atoms in total. The van der Waals surface area contributed by atoms with Gasteiger partial charge >= 0.3 is 0 Å². The lowest BCUT2D eigenvalue weighted by Crippen LogP contribution is -2.46. The Kier molecular flexibility index (Phi) is 4.27. The van der Waals surface area contributed by atoms with Crippen molar-refractivity contribution in [2.45, 2.75) is 25.8 Å². The second-order valence-corrected chi connectivity index (χ2v) is 5.30. The first-order valence-corrected chi connectivity index (χ1v) is 6.72. The van der Waals surface area contributed by atoms with Crippen molar-refractivity contribution in [1.82, 2.24) is 10.3 Å². The van der Waals surface area contributed by atoms with Crippen LogP contribution in [0, 0.1) is 0 Å². The predicted molar refractivity (Wildman–Crippen MR) is 74.7 cm³/mol. The standard InChI is InChI=1S/C13H18ClN3O2/c1-3-15-11-7-9(6-10(14)16-11)12(18)17-13(2)4-5-19-8-13/h6-7H,3-5,8H2,1-2H3,(H,15,16)(H,17,18). The molecule has 2 rings (SSSR count). The fourth-order valence-electron chi connectivity index (χ4n) is 2.01. The number of anilines is 1. The Labute approximate surface area is 117 Å². The smallest absolute Gasteiger partial charge is 0.252 e. The number of nitrogens with zero attached hydrogens (tertiary/aromatic N) is 1. The van der Waals surface area contributed by atoms with Crippen LogP contribution in [0.2, 0.25) is 5.15 Å². The lowest BCUT2D eigenvalue weighted by molar-refractivity contribution is 0.0890. The molecular weight excluding hydrogens is 266 g/mol. The molecule has 1 atom stereocenters. The van der Waals surface area contributed by atoms with Crippen LogP contribution in [0.1, 0.15) is 30.6 Å². The summed E-state index contributed by atoms with van der Waals surface area (Å²) in [4.78, 5) is 16.3. The summed E-state index contributed by atoms with van der Waals surface area (Å²) >= 11 is 5.93. The Hall–Kier alpha value is -1.33. The molecule has 1 aliphatic rings. The molecule has 1 amide bonds. The van der Waals surface area contributed by atoms with Crippen LogP contribution in [0.25, 0.3) is 0 Å². The summed E-state index contributed by atoms with van der Waals surface area (Å²) in [7, 11) is 0. The van der Waals surface area contributed by atoms with Crippen LogP contribution in [0.3, 0.4) is 0 Å². The van der Waals surface area contributed by atoms with E-state index in [-0.39, 0.29) is 11.4 Å². The summed E-state index contributed by atoms with van der Waals surface area (Å²) in [5.41, 5.74) is 0.203. The molecule has 2 heterocycles. The van der Waals surface area contributed by atoms with Gasteiger partial charge in [-0.3, -0.25) is 4.79 Å². The second kappa shape index (κ2) is 5.75. The van der Waals surface area contributed by atoms with Gasteiger partial charge in [-0.25, -0.2) is 4.98 Å². The zero-order valence-electron chi connectivity index (χ0n) is 11.1. The molecule has 1 aliphatic heterocycles. The fourth-order valence-corrected chi connectivity index (χ4v) is 2.22. The van der Waals surface area contributed by atoms with Crippen molar-refractivity contribution in [3.63, 3.8) is 0 Å². The van der Waals surface area contributed by atoms with Gasteiger partial charge in [0.05, 0.1) is 12.1 Å². The molecule has 2 N–H and O–H groups in total. The SMILES string of the molecule is CCNc1cc(C(=O)NC2(C)CCOC2)cc(Cl)n1. The number of ether oxygens (including phenoxy) is 1. The molecule has 6 heteroatoms. The number of carbonyl (C=O) groups excluding carboxylic acids is 1. The van der Waals surface area contributed by atoms with E-state index in [1.165, 1.54) is 0 Å². The average Bonchev–Trinajstić information content (AvgIpc) is 2.75. The van der Waals surface area contributed by atoms with Gasteiger partial charge in [0.1, 0.15) is 11.0 Å². The van der Waals surface area contributed by atoms with Gasteiger partial charge in [0.2, 0.25) is 0 Å². The minimum atomic E-state index is -0.300. The summed E-state index contributed by atoms with van der Waals surface area (Å²) in [5.74, 6) is 0.449. The Morgan fingerprint density at radius 2 is 2.37 bits per heavy atom. The third-order valence-corrected chi connectivity index (χ3v) is 3.24. The highest BCUT2D eigenvalue weighted by atomic mass is 35.5. The summed E-state index contributed by atoms with van der Waals surface area (Å²) in [6, 6.07) is 3.26. The number of amides is 1. The molecule has 0 spiro atoms. The normalized spacial score (nSPS) is 22.3. The van der Waals surface area contributed by atoms with Gasteiger partial charge in [-0.05, 0) is 32.4 Å². The molecular formula is C13H18ClN3O2. The lowest BCUT2D eigenvalue weighted by atomic mass is 10.0. The van der Waals surface area contributed by atoms with Crippen LogP contribution in [0.5, 0.6) is 0 Å². The van der Waals surface area contributed by atoms with E-state index in [0.29, 0.717) is 29.7 Å². The maximum Gasteiger partial charge on any atom is 0.252 e. The van der Waals surface area contributed by atoms with Gasteiger partial charge in [-0.15, -0.1) is 0 Å². The minimum Gasteiger partial charge on any atom is -0.379 e. The summed E-state index contributed by atoms with van der Waals surface area (Å²) in [6.45, 7) is 5.87. The molecule has 0 saturated carbocycles. The first-order chi connectivity index (χ1) is 9.02. The van der Waals surface area contributed by atoms with E-state index < -0.39 is 0 Å². The lowest BCUT2D eigenvalue weighted by Gasteiger charge is -2.23. The molecule has 1 saturated heterocycles. The number of pyridine rings is 1. The summed E-state index contributed by atoms with van der Waals surface area (Å²) in [5, 5.41) is 6.34. The number of nitrogens with one attached hydrogen (secondary N) is 2. The van der Waals surface area contributed by atoms with Crippen LogP contribution in [-0.2, 0) is 4.74 Å². The molecule has 0 aromatic carbocycles. The van der Waals surface area contributed by atoms with Crippen molar-refractivity contribution in [3.8, 4) is 0 Å². The third-order valence-electron chi connectivity index (χ3n) is 3.05. The molecule has 1 unspecified atom stereocenters. The van der Waals surface area contributed by atoms with E-state index in [4.69, 9.17) is 16.3 Å². The summed E-state index contributed by atoms with van der Waals surface area (Å²) < 4.78 is 5.32. The highest BCUT2D eigenvalue weighted by Crippen LogP contribution is 2.20. The van der Waals surface area contributed by atoms with Gasteiger partial charge in [0, 0.05) is 18.7 Å². The zero-order chi connectivity index (χ0) is 13.9. The molecule has 19 heavy (non-hydrogen) atoms. The second-order valence-electron chi connectivity index (χ2n) is 4.91. The van der Waals surface area contributed by atoms with Crippen molar-refractivity contribution in [2.24, 2.45) is 0 Å². The van der Waals surface area contributed by atoms with Gasteiger partial charge < -0.3 is 15.4 Å². The van der Waals surface area contributed by atoms with Crippen molar-refractivity contribution < 1.29 is 9.53 Å². The first-order valence-electron chi connectivity index (χ1n) is 6.34. The molecule has 1 aromatic rings. The number of hydrogen-bond acceptors (Lipinski definition) is 4. The fraction of sp³-hybridized carbons (Fsp3) is 0.538. The van der Waals surface area contributed by atoms with Crippen LogP contribution in [-0.4, -0.2) is 36.2 Å². The largest absolute Gasteiger partial charge is 0.379 e. The maximum atomic E-state index is 12.2. The summed E-state index contributed by atoms with van der Waals surface area (Å²) in [6.07, 6.45) is 0.817. The van der Waals surface area contributed by atoms with E-state index in [2.05, 4.69) is 15.6 Å². The van der Waals surface area contributed by atoms with Crippen molar-refractivity contribution in [1.29, 1.82) is 0 Å². The average molecular weight is 284 g/mol. The van der Waals surface area contributed by atoms with Gasteiger partial charge in [-0.2, -0.15) is 0 Å². The molecule has 0 bridgehead atoms. The van der Waals surface area contributed by atoms with Crippen molar-refractivity contribution in [2.75, 3.05) is 25.1 Å². The van der Waals surface area contributed by atoms with E-state index in [0.717, 1.165) is 13.0 Å². The monoisotopic (exact) mass is 283 g/mol. The van der Waals surface area contributed by atoms with Crippen molar-refractivity contribution >= 4 is 23.3 Å². The maximum absolute atomic E-state index is 12.2. The highest BCUT2D eigenvalue weighted by Gasteiger charge is 2.31. The highest BCUT2D eigenvalue weighted by molar-refractivity contribution is 6.29. The number of aromatic nitrogens is 1. The number of hydrogen-bond donors (Lipinski definition) is 2. The predicted octanol–water partition coefficient (Wildman–Crippen LogP) is 2.08. The minimum absolute atomic E-state index is 0.156. The molecule has 1 fully saturated rings. The van der Waals surface area contributed by atoms with Gasteiger partial charge in [0.15, 0.2) is 0 Å². The first kappa shape index (κ1) is 14.1. The van der Waals surface area contributed by atoms with Crippen LogP contribution in [0.4, 0.5) is 5.82 Å². The van der Waals surface area contributed by atoms with Crippen LogP contribution >= 0.6 is 11.6 Å². The molecule has 104 valence electrons. The number of halogens is 1. The number of carbonyl (C=O) groups is 1. The molecule has 0 aliphatic carbocycles. The van der Waals surface area contributed by atoms with Crippen LogP contribution in [0.15, 0.2) is 12.1 Å². The Balaban J connectivity index is 2.14. The Bertz CT molecular complexity index is 473. The molecule has 1 aromatic heterocycles. The Morgan fingerprint density at radius 1 is 1.58 bits per heavy atom. The van der Waals surface area contributed by atoms with Gasteiger partial charge in [-0.1, -0.05) is 11.6 Å². The molecule has 0 radical (unpaired) electrons. The zero-order valence-corrected chi connectivity index (χ0v) is 11.9. The Morgan fingerprint density at radius 3 is 3.00 bits per heavy atom.